The molecule has 0 saturated carbocycles. The Morgan fingerprint density at radius 2 is 1.93 bits per heavy atom. The van der Waals surface area contributed by atoms with E-state index in [1.165, 1.54) is 11.1 Å². The summed E-state index contributed by atoms with van der Waals surface area (Å²) in [6, 6.07) is 14.3. The summed E-state index contributed by atoms with van der Waals surface area (Å²) in [7, 11) is 1.68. The van der Waals surface area contributed by atoms with Crippen LogP contribution in [0.4, 0.5) is 0 Å². The molecule has 0 bridgehead atoms. The van der Waals surface area contributed by atoms with Crippen LogP contribution in [0, 0.1) is 13.8 Å². The Hall–Kier alpha value is -2.47. The zero-order chi connectivity index (χ0) is 19.2. The van der Waals surface area contributed by atoms with Crippen molar-refractivity contribution < 1.29 is 9.47 Å². The Balaban J connectivity index is 1.68. The molecule has 0 N–H and O–H groups in total. The van der Waals surface area contributed by atoms with Gasteiger partial charge in [-0.05, 0) is 55.7 Å². The number of thioether (sulfide) groups is 1. The Labute approximate surface area is 164 Å². The fourth-order valence-electron chi connectivity index (χ4n) is 2.77. The zero-order valence-electron chi connectivity index (χ0n) is 16.2. The highest BCUT2D eigenvalue weighted by atomic mass is 32.2. The Morgan fingerprint density at radius 1 is 1.07 bits per heavy atom. The molecule has 0 aliphatic heterocycles. The molecule has 1 aromatic heterocycles. The first-order valence-electron chi connectivity index (χ1n) is 8.98. The normalized spacial score (nSPS) is 10.8. The van der Waals surface area contributed by atoms with Crippen LogP contribution in [0.15, 0.2) is 47.6 Å². The van der Waals surface area contributed by atoms with E-state index in [0.717, 1.165) is 40.3 Å². The van der Waals surface area contributed by atoms with E-state index in [0.29, 0.717) is 6.61 Å². The van der Waals surface area contributed by atoms with Gasteiger partial charge < -0.3 is 14.0 Å². The van der Waals surface area contributed by atoms with E-state index in [-0.39, 0.29) is 0 Å². The van der Waals surface area contributed by atoms with Gasteiger partial charge in [-0.15, -0.1) is 10.2 Å². The molecule has 3 aromatic rings. The van der Waals surface area contributed by atoms with E-state index < -0.39 is 0 Å². The lowest BCUT2D eigenvalue weighted by Gasteiger charge is -2.11. The minimum atomic E-state index is 0.408. The van der Waals surface area contributed by atoms with Gasteiger partial charge in [0.05, 0.1) is 7.11 Å². The van der Waals surface area contributed by atoms with Crippen molar-refractivity contribution in [3.63, 3.8) is 0 Å². The summed E-state index contributed by atoms with van der Waals surface area (Å²) < 4.78 is 13.4. The average Bonchev–Trinajstić information content (AvgIpc) is 3.09. The van der Waals surface area contributed by atoms with Crippen molar-refractivity contribution in [1.82, 2.24) is 14.8 Å². The minimum absolute atomic E-state index is 0.408. The number of methoxy groups -OCH3 is 1. The second-order valence-electron chi connectivity index (χ2n) is 6.34. The first-order chi connectivity index (χ1) is 13.1. The first-order valence-corrected chi connectivity index (χ1v) is 9.97. The number of hydrogen-bond donors (Lipinski definition) is 0. The molecule has 0 unspecified atom stereocenters. The third-order valence-corrected chi connectivity index (χ3v) is 5.35. The maximum Gasteiger partial charge on any atom is 0.191 e. The fourth-order valence-corrected chi connectivity index (χ4v) is 3.73. The topological polar surface area (TPSA) is 49.2 Å². The quantitative estimate of drug-likeness (QED) is 0.523. The number of aromatic nitrogens is 3. The molecule has 0 radical (unpaired) electrons. The van der Waals surface area contributed by atoms with E-state index in [2.05, 4.69) is 59.8 Å². The van der Waals surface area contributed by atoms with Crippen LogP contribution in [-0.4, -0.2) is 21.9 Å². The van der Waals surface area contributed by atoms with Gasteiger partial charge in [-0.3, -0.25) is 0 Å². The summed E-state index contributed by atoms with van der Waals surface area (Å²) >= 11 is 1.67. The molecule has 1 heterocycles. The van der Waals surface area contributed by atoms with E-state index in [4.69, 9.17) is 9.47 Å². The largest absolute Gasteiger partial charge is 0.497 e. The SMILES string of the molecule is CCn1c(COc2cc(C)ccc2C)nnc1SCc1cccc(OC)c1. The smallest absolute Gasteiger partial charge is 0.191 e. The van der Waals surface area contributed by atoms with E-state index >= 15 is 0 Å². The predicted molar refractivity (Wildman–Crippen MR) is 108 cm³/mol. The highest BCUT2D eigenvalue weighted by Crippen LogP contribution is 2.25. The average molecular weight is 384 g/mol. The summed E-state index contributed by atoms with van der Waals surface area (Å²) in [5.74, 6) is 3.41. The van der Waals surface area contributed by atoms with Crippen LogP contribution in [0.2, 0.25) is 0 Å². The summed E-state index contributed by atoms with van der Waals surface area (Å²) in [6.45, 7) is 7.42. The molecular weight excluding hydrogens is 358 g/mol. The third kappa shape index (κ3) is 4.83. The maximum atomic E-state index is 6.00. The van der Waals surface area contributed by atoms with Crippen molar-refractivity contribution in [3.8, 4) is 11.5 Å². The van der Waals surface area contributed by atoms with Gasteiger partial charge in [0.15, 0.2) is 11.0 Å². The second kappa shape index (κ2) is 8.95. The molecule has 3 rings (SSSR count). The van der Waals surface area contributed by atoms with Gasteiger partial charge in [0, 0.05) is 12.3 Å². The fraction of sp³-hybridized carbons (Fsp3) is 0.333. The van der Waals surface area contributed by atoms with E-state index in [1.807, 2.05) is 18.2 Å². The monoisotopic (exact) mass is 383 g/mol. The first kappa shape index (κ1) is 19.3. The van der Waals surface area contributed by atoms with Gasteiger partial charge in [-0.25, -0.2) is 0 Å². The van der Waals surface area contributed by atoms with Crippen LogP contribution < -0.4 is 9.47 Å². The maximum absolute atomic E-state index is 6.00. The lowest BCUT2D eigenvalue weighted by molar-refractivity contribution is 0.286. The van der Waals surface area contributed by atoms with E-state index in [9.17, 15) is 0 Å². The highest BCUT2D eigenvalue weighted by molar-refractivity contribution is 7.98. The molecule has 142 valence electrons. The number of hydrogen-bond acceptors (Lipinski definition) is 5. The van der Waals surface area contributed by atoms with Crippen LogP contribution >= 0.6 is 11.8 Å². The van der Waals surface area contributed by atoms with Crippen molar-refractivity contribution in [2.45, 2.75) is 44.8 Å². The van der Waals surface area contributed by atoms with Crippen molar-refractivity contribution in [2.24, 2.45) is 0 Å². The molecule has 0 saturated heterocycles. The molecule has 5 nitrogen and oxygen atoms in total. The third-order valence-electron chi connectivity index (χ3n) is 4.31. The molecule has 0 fully saturated rings. The second-order valence-corrected chi connectivity index (χ2v) is 7.28. The molecule has 0 spiro atoms. The molecule has 0 aliphatic rings. The van der Waals surface area contributed by atoms with Crippen molar-refractivity contribution in [2.75, 3.05) is 7.11 Å². The predicted octanol–water partition coefficient (Wildman–Crippen LogP) is 4.79. The molecule has 0 atom stereocenters. The van der Waals surface area contributed by atoms with Crippen molar-refractivity contribution >= 4 is 11.8 Å². The number of rotatable bonds is 8. The van der Waals surface area contributed by atoms with Gasteiger partial charge in [0.2, 0.25) is 0 Å². The standard InChI is InChI=1S/C21H25N3O2S/c1-5-24-20(13-26-19-11-15(2)9-10-16(19)3)22-23-21(24)27-14-17-7-6-8-18(12-17)25-4/h6-12H,5,13-14H2,1-4H3. The van der Waals surface area contributed by atoms with Gasteiger partial charge >= 0.3 is 0 Å². The Kier molecular flexibility index (Phi) is 6.40. The lowest BCUT2D eigenvalue weighted by Crippen LogP contribution is -2.07. The summed E-state index contributed by atoms with van der Waals surface area (Å²) in [4.78, 5) is 0. The zero-order valence-corrected chi connectivity index (χ0v) is 17.0. The summed E-state index contributed by atoms with van der Waals surface area (Å²) in [5.41, 5.74) is 3.50. The Morgan fingerprint density at radius 3 is 2.70 bits per heavy atom. The molecule has 0 aliphatic carbocycles. The molecule has 6 heteroatoms. The van der Waals surface area contributed by atoms with Gasteiger partial charge in [-0.1, -0.05) is 36.0 Å². The van der Waals surface area contributed by atoms with Crippen LogP contribution in [-0.2, 0) is 18.9 Å². The number of benzene rings is 2. The van der Waals surface area contributed by atoms with E-state index in [1.54, 1.807) is 18.9 Å². The van der Waals surface area contributed by atoms with Gasteiger partial charge in [-0.2, -0.15) is 0 Å². The number of ether oxygens (including phenoxy) is 2. The number of aryl methyl sites for hydroxylation is 2. The lowest BCUT2D eigenvalue weighted by atomic mass is 10.1. The van der Waals surface area contributed by atoms with Crippen molar-refractivity contribution in [3.05, 3.63) is 65.0 Å². The number of nitrogens with zero attached hydrogens (tertiary/aromatic N) is 3. The molecule has 0 amide bonds. The van der Waals surface area contributed by atoms with Gasteiger partial charge in [0.25, 0.3) is 0 Å². The Bertz CT molecular complexity index is 908. The molecular formula is C21H25N3O2S. The van der Waals surface area contributed by atoms with Crippen molar-refractivity contribution in [1.29, 1.82) is 0 Å². The summed E-state index contributed by atoms with van der Waals surface area (Å²) in [5, 5.41) is 9.61. The van der Waals surface area contributed by atoms with Crippen LogP contribution in [0.5, 0.6) is 11.5 Å². The highest BCUT2D eigenvalue weighted by Gasteiger charge is 2.13. The van der Waals surface area contributed by atoms with Crippen LogP contribution in [0.25, 0.3) is 0 Å². The van der Waals surface area contributed by atoms with Gasteiger partial charge in [0.1, 0.15) is 18.1 Å². The molecule has 2 aromatic carbocycles. The minimum Gasteiger partial charge on any atom is -0.497 e. The van der Waals surface area contributed by atoms with Crippen LogP contribution in [0.1, 0.15) is 29.4 Å². The summed E-state index contributed by atoms with van der Waals surface area (Å²) in [6.07, 6.45) is 0. The van der Waals surface area contributed by atoms with Crippen LogP contribution in [0.3, 0.4) is 0 Å². The molecule has 27 heavy (non-hydrogen) atoms.